The fraction of sp³-hybridized carbons (Fsp3) is 0.385. The second-order valence-electron chi connectivity index (χ2n) is 9.74. The Morgan fingerprint density at radius 1 is 1.19 bits per heavy atom. The summed E-state index contributed by atoms with van der Waals surface area (Å²) in [5, 5.41) is 11.8. The molecule has 5 rings (SSSR count). The highest BCUT2D eigenvalue weighted by molar-refractivity contribution is 6.14. The quantitative estimate of drug-likeness (QED) is 0.437. The number of anilines is 2. The Labute approximate surface area is 208 Å². The molecule has 0 aliphatic carbocycles. The standard InChI is InChI=1S/C26H30FN7O2/c1-14(2)36-26-28-10-20-22(34-11-15(3)29-16(4)12-34)7-6-19(24(20)31-26)25(35)30-18-8-17-13-33(5)32-23(17)21(27)9-18/h6-10,13-16,29H,11-12H2,1-5H3,(H,30,35)/t15-,16+. The maximum absolute atomic E-state index is 14.6. The van der Waals surface area contributed by atoms with Gasteiger partial charge in [-0.25, -0.2) is 9.37 Å². The molecule has 1 fully saturated rings. The highest BCUT2D eigenvalue weighted by atomic mass is 19.1. The summed E-state index contributed by atoms with van der Waals surface area (Å²) in [7, 11) is 1.72. The van der Waals surface area contributed by atoms with E-state index in [-0.39, 0.29) is 17.6 Å². The van der Waals surface area contributed by atoms with E-state index in [2.05, 4.69) is 44.4 Å². The summed E-state index contributed by atoms with van der Waals surface area (Å²) < 4.78 is 21.9. The van der Waals surface area contributed by atoms with Crippen LogP contribution in [0.3, 0.4) is 0 Å². The molecule has 0 saturated carbocycles. The molecule has 0 spiro atoms. The molecule has 2 aromatic heterocycles. The van der Waals surface area contributed by atoms with Crippen molar-refractivity contribution in [1.29, 1.82) is 0 Å². The Kier molecular flexibility index (Phi) is 6.21. The number of aryl methyl sites for hydroxylation is 1. The molecule has 2 aromatic carbocycles. The number of hydrogen-bond acceptors (Lipinski definition) is 7. The lowest BCUT2D eigenvalue weighted by molar-refractivity contribution is 0.102. The smallest absolute Gasteiger partial charge is 0.317 e. The predicted octanol–water partition coefficient (Wildman–Crippen LogP) is 3.88. The Hall–Kier alpha value is -3.79. The molecule has 10 heteroatoms. The molecule has 3 heterocycles. The summed E-state index contributed by atoms with van der Waals surface area (Å²) in [4.78, 5) is 24.7. The molecule has 1 aliphatic rings. The molecule has 36 heavy (non-hydrogen) atoms. The highest BCUT2D eigenvalue weighted by Gasteiger charge is 2.25. The number of amides is 1. The second-order valence-corrected chi connectivity index (χ2v) is 9.74. The monoisotopic (exact) mass is 491 g/mol. The van der Waals surface area contributed by atoms with Gasteiger partial charge in [0, 0.05) is 66.8 Å². The van der Waals surface area contributed by atoms with Crippen molar-refractivity contribution in [3.8, 4) is 6.01 Å². The van der Waals surface area contributed by atoms with E-state index in [1.54, 1.807) is 31.6 Å². The lowest BCUT2D eigenvalue weighted by Gasteiger charge is -2.38. The zero-order valence-corrected chi connectivity index (χ0v) is 21.0. The number of rotatable bonds is 5. The molecule has 1 saturated heterocycles. The first-order valence-electron chi connectivity index (χ1n) is 12.1. The first-order chi connectivity index (χ1) is 17.2. The molecule has 1 aliphatic heterocycles. The summed E-state index contributed by atoms with van der Waals surface area (Å²) in [5.41, 5.74) is 2.39. The Bertz CT molecular complexity index is 1440. The van der Waals surface area contributed by atoms with Gasteiger partial charge in [0.25, 0.3) is 5.91 Å². The van der Waals surface area contributed by atoms with Gasteiger partial charge in [-0.3, -0.25) is 9.48 Å². The molecule has 9 nitrogen and oxygen atoms in total. The first kappa shape index (κ1) is 23.9. The molecule has 0 radical (unpaired) electrons. The number of carbonyl (C=O) groups is 1. The lowest BCUT2D eigenvalue weighted by atomic mass is 10.0. The third kappa shape index (κ3) is 4.68. The Balaban J connectivity index is 1.55. The third-order valence-electron chi connectivity index (χ3n) is 6.12. The molecular formula is C26H30FN7O2. The van der Waals surface area contributed by atoms with Crippen LogP contribution >= 0.6 is 0 Å². The maximum atomic E-state index is 14.6. The first-order valence-corrected chi connectivity index (χ1v) is 12.1. The van der Waals surface area contributed by atoms with Crippen molar-refractivity contribution >= 4 is 39.1 Å². The van der Waals surface area contributed by atoms with Crippen LogP contribution in [0.4, 0.5) is 15.8 Å². The molecular weight excluding hydrogens is 461 g/mol. The van der Waals surface area contributed by atoms with Gasteiger partial charge in [0.2, 0.25) is 0 Å². The van der Waals surface area contributed by atoms with Crippen LogP contribution < -0.4 is 20.3 Å². The fourth-order valence-corrected chi connectivity index (χ4v) is 4.82. The number of nitrogens with zero attached hydrogens (tertiary/aromatic N) is 5. The van der Waals surface area contributed by atoms with Crippen molar-refractivity contribution in [3.05, 3.63) is 48.0 Å². The lowest BCUT2D eigenvalue weighted by Crippen LogP contribution is -2.54. The molecule has 1 amide bonds. The molecule has 0 unspecified atom stereocenters. The number of hydrogen-bond donors (Lipinski definition) is 2. The average molecular weight is 492 g/mol. The van der Waals surface area contributed by atoms with E-state index in [1.165, 1.54) is 10.7 Å². The van der Waals surface area contributed by atoms with Crippen LogP contribution in [0.5, 0.6) is 6.01 Å². The van der Waals surface area contributed by atoms with E-state index in [4.69, 9.17) is 4.74 Å². The highest BCUT2D eigenvalue weighted by Crippen LogP contribution is 2.31. The largest absolute Gasteiger partial charge is 0.461 e. The third-order valence-corrected chi connectivity index (χ3v) is 6.12. The summed E-state index contributed by atoms with van der Waals surface area (Å²) >= 11 is 0. The van der Waals surface area contributed by atoms with Crippen LogP contribution in [0, 0.1) is 5.82 Å². The zero-order valence-electron chi connectivity index (χ0n) is 21.0. The minimum absolute atomic E-state index is 0.119. The van der Waals surface area contributed by atoms with Gasteiger partial charge in [0.05, 0.1) is 17.2 Å². The van der Waals surface area contributed by atoms with Gasteiger partial charge in [-0.05, 0) is 52.0 Å². The van der Waals surface area contributed by atoms with Gasteiger partial charge in [-0.1, -0.05) is 0 Å². The fourth-order valence-electron chi connectivity index (χ4n) is 4.82. The number of nitrogens with one attached hydrogen (secondary N) is 2. The summed E-state index contributed by atoms with van der Waals surface area (Å²) in [6.45, 7) is 9.72. The summed E-state index contributed by atoms with van der Waals surface area (Å²) in [6, 6.07) is 7.49. The van der Waals surface area contributed by atoms with E-state index < -0.39 is 11.7 Å². The normalized spacial score (nSPS) is 18.2. The van der Waals surface area contributed by atoms with Gasteiger partial charge in [-0.15, -0.1) is 0 Å². The number of fused-ring (bicyclic) bond motifs is 2. The van der Waals surface area contributed by atoms with E-state index in [0.29, 0.717) is 34.2 Å². The Morgan fingerprint density at radius 3 is 2.67 bits per heavy atom. The summed E-state index contributed by atoms with van der Waals surface area (Å²) in [5.74, 6) is -0.897. The molecule has 4 aromatic rings. The van der Waals surface area contributed by atoms with Crippen molar-refractivity contribution in [2.45, 2.75) is 45.9 Å². The van der Waals surface area contributed by atoms with Gasteiger partial charge >= 0.3 is 6.01 Å². The van der Waals surface area contributed by atoms with E-state index in [1.807, 2.05) is 19.9 Å². The van der Waals surface area contributed by atoms with Crippen LogP contribution in [0.25, 0.3) is 21.8 Å². The molecule has 188 valence electrons. The van der Waals surface area contributed by atoms with E-state index >= 15 is 0 Å². The SMILES string of the molecule is CC(C)Oc1ncc2c(N3C[C@@H](C)N[C@@H](C)C3)ccc(C(=O)Nc3cc(F)c4nn(C)cc4c3)c2n1. The van der Waals surface area contributed by atoms with Gasteiger partial charge in [0.1, 0.15) is 5.52 Å². The Morgan fingerprint density at radius 2 is 1.94 bits per heavy atom. The minimum atomic E-state index is -0.500. The van der Waals surface area contributed by atoms with Crippen molar-refractivity contribution in [2.24, 2.45) is 7.05 Å². The van der Waals surface area contributed by atoms with Crippen molar-refractivity contribution < 1.29 is 13.9 Å². The van der Waals surface area contributed by atoms with Crippen molar-refractivity contribution in [3.63, 3.8) is 0 Å². The van der Waals surface area contributed by atoms with Gasteiger partial charge in [-0.2, -0.15) is 10.1 Å². The van der Waals surface area contributed by atoms with E-state index in [0.717, 1.165) is 24.2 Å². The maximum Gasteiger partial charge on any atom is 0.317 e. The van der Waals surface area contributed by atoms with Crippen LogP contribution in [0.1, 0.15) is 38.1 Å². The molecule has 2 N–H and O–H groups in total. The predicted molar refractivity (Wildman–Crippen MR) is 138 cm³/mol. The van der Waals surface area contributed by atoms with Crippen LogP contribution in [0.15, 0.2) is 36.7 Å². The summed E-state index contributed by atoms with van der Waals surface area (Å²) in [6.07, 6.45) is 3.30. The second kappa shape index (κ2) is 9.34. The topological polar surface area (TPSA) is 97.2 Å². The molecule has 0 bridgehead atoms. The number of aromatic nitrogens is 4. The van der Waals surface area contributed by atoms with Crippen LogP contribution in [0.2, 0.25) is 0 Å². The number of carbonyl (C=O) groups excluding carboxylic acids is 1. The average Bonchev–Trinajstić information content (AvgIpc) is 3.18. The van der Waals surface area contributed by atoms with Crippen molar-refractivity contribution in [1.82, 2.24) is 25.1 Å². The van der Waals surface area contributed by atoms with Gasteiger partial charge in [0.15, 0.2) is 5.82 Å². The number of halogens is 1. The zero-order chi connectivity index (χ0) is 25.6. The number of piperazine rings is 1. The van der Waals surface area contributed by atoms with Gasteiger partial charge < -0.3 is 20.3 Å². The number of ether oxygens (including phenoxy) is 1. The van der Waals surface area contributed by atoms with Crippen molar-refractivity contribution in [2.75, 3.05) is 23.3 Å². The van der Waals surface area contributed by atoms with Crippen LogP contribution in [-0.2, 0) is 7.05 Å². The van der Waals surface area contributed by atoms with E-state index in [9.17, 15) is 9.18 Å². The molecule has 2 atom stereocenters. The number of benzene rings is 2. The minimum Gasteiger partial charge on any atom is -0.461 e. The van der Waals surface area contributed by atoms with Crippen LogP contribution in [-0.4, -0.2) is 56.9 Å².